The first-order valence-corrected chi connectivity index (χ1v) is 8.43. The standard InChI is InChI=1S/C20H27NO3.ClH/c1-15(20(22)17-9-5-4-6-10-17)21-13-7-8-16-11-12-18(23-2)19(14-16)24-3;/h4-6,9-12,14-15,20-22H,7-8,13H2,1-3H3;1H. The van der Waals surface area contributed by atoms with Gasteiger partial charge in [-0.3, -0.25) is 0 Å². The Morgan fingerprint density at radius 2 is 1.68 bits per heavy atom. The average Bonchev–Trinajstić information content (AvgIpc) is 2.64. The summed E-state index contributed by atoms with van der Waals surface area (Å²) in [5.41, 5.74) is 2.21. The Morgan fingerprint density at radius 1 is 1.00 bits per heavy atom. The van der Waals surface area contributed by atoms with E-state index in [9.17, 15) is 5.11 Å². The molecular weight excluding hydrogens is 338 g/mol. The van der Waals surface area contributed by atoms with Crippen molar-refractivity contribution < 1.29 is 32.3 Å². The Balaban J connectivity index is 0.00000312. The van der Waals surface area contributed by atoms with E-state index in [1.807, 2.05) is 42.5 Å². The predicted molar refractivity (Wildman–Crippen MR) is 95.5 cm³/mol. The second-order valence-electron chi connectivity index (χ2n) is 6.03. The highest BCUT2D eigenvalue weighted by atomic mass is 35.5. The van der Waals surface area contributed by atoms with E-state index in [2.05, 4.69) is 18.3 Å². The quantitative estimate of drug-likeness (QED) is 0.579. The van der Waals surface area contributed by atoms with Crippen LogP contribution in [-0.4, -0.2) is 31.9 Å². The van der Waals surface area contributed by atoms with Crippen molar-refractivity contribution in [1.82, 2.24) is 0 Å². The molecule has 2 unspecified atom stereocenters. The lowest BCUT2D eigenvalue weighted by atomic mass is 10.0. The van der Waals surface area contributed by atoms with Gasteiger partial charge in [0.25, 0.3) is 0 Å². The first kappa shape index (κ1) is 21.3. The van der Waals surface area contributed by atoms with Gasteiger partial charge in [-0.05, 0) is 36.6 Å². The Morgan fingerprint density at radius 3 is 2.32 bits per heavy atom. The maximum Gasteiger partial charge on any atom is 0.160 e. The van der Waals surface area contributed by atoms with Gasteiger partial charge in [0.1, 0.15) is 12.1 Å². The van der Waals surface area contributed by atoms with E-state index >= 15 is 0 Å². The van der Waals surface area contributed by atoms with Crippen LogP contribution in [0.15, 0.2) is 48.5 Å². The van der Waals surface area contributed by atoms with Crippen molar-refractivity contribution in [2.45, 2.75) is 31.9 Å². The fourth-order valence-electron chi connectivity index (χ4n) is 2.81. The first-order chi connectivity index (χ1) is 11.7. The predicted octanol–water partition coefficient (Wildman–Crippen LogP) is -0.674. The summed E-state index contributed by atoms with van der Waals surface area (Å²) < 4.78 is 10.6. The summed E-state index contributed by atoms with van der Waals surface area (Å²) in [6.07, 6.45) is 1.58. The molecule has 25 heavy (non-hydrogen) atoms. The molecule has 0 spiro atoms. The Hall–Kier alpha value is -1.75. The summed E-state index contributed by atoms with van der Waals surface area (Å²) in [5, 5.41) is 12.6. The van der Waals surface area contributed by atoms with E-state index in [-0.39, 0.29) is 18.4 Å². The Labute approximate surface area is 156 Å². The van der Waals surface area contributed by atoms with Gasteiger partial charge in [-0.25, -0.2) is 0 Å². The van der Waals surface area contributed by atoms with Crippen LogP contribution in [0.25, 0.3) is 0 Å². The lowest BCUT2D eigenvalue weighted by Gasteiger charge is -2.17. The third kappa shape index (κ3) is 6.24. The highest BCUT2D eigenvalue weighted by Crippen LogP contribution is 2.27. The fourth-order valence-corrected chi connectivity index (χ4v) is 2.81. The van der Waals surface area contributed by atoms with Crippen LogP contribution in [0.2, 0.25) is 0 Å². The van der Waals surface area contributed by atoms with Gasteiger partial charge in [0.15, 0.2) is 11.5 Å². The number of rotatable bonds is 9. The zero-order valence-corrected chi connectivity index (χ0v) is 15.9. The monoisotopic (exact) mass is 365 g/mol. The SMILES string of the molecule is COc1ccc(CCC[NH2+]C(C)C(O)c2ccccc2)cc1OC.[Cl-]. The zero-order chi connectivity index (χ0) is 17.4. The molecule has 5 heteroatoms. The molecule has 0 amide bonds. The summed E-state index contributed by atoms with van der Waals surface area (Å²) in [5.74, 6) is 1.53. The van der Waals surface area contributed by atoms with E-state index in [0.717, 1.165) is 36.4 Å². The third-order valence-corrected chi connectivity index (χ3v) is 4.30. The van der Waals surface area contributed by atoms with E-state index in [1.165, 1.54) is 5.56 Å². The number of hydrogen-bond donors (Lipinski definition) is 2. The minimum atomic E-state index is -0.438. The second kappa shape index (κ2) is 11.0. The molecule has 0 saturated carbocycles. The van der Waals surface area contributed by atoms with Crippen molar-refractivity contribution in [2.75, 3.05) is 20.8 Å². The van der Waals surface area contributed by atoms with E-state index in [0.29, 0.717) is 0 Å². The molecule has 0 fully saturated rings. The molecule has 0 radical (unpaired) electrons. The topological polar surface area (TPSA) is 55.3 Å². The molecule has 138 valence electrons. The van der Waals surface area contributed by atoms with Crippen LogP contribution in [0.3, 0.4) is 0 Å². The van der Waals surface area contributed by atoms with E-state index < -0.39 is 6.10 Å². The van der Waals surface area contributed by atoms with Crippen LogP contribution < -0.4 is 27.2 Å². The van der Waals surface area contributed by atoms with Crippen molar-refractivity contribution in [3.8, 4) is 11.5 Å². The van der Waals surface area contributed by atoms with Gasteiger partial charge in [0.05, 0.1) is 20.8 Å². The van der Waals surface area contributed by atoms with Gasteiger partial charge in [-0.1, -0.05) is 36.4 Å². The normalized spacial score (nSPS) is 12.8. The number of nitrogens with two attached hydrogens (primary N) is 1. The van der Waals surface area contributed by atoms with Crippen LogP contribution in [0.4, 0.5) is 0 Å². The number of aryl methyl sites for hydroxylation is 1. The number of aliphatic hydroxyl groups excluding tert-OH is 1. The number of aliphatic hydroxyl groups is 1. The summed E-state index contributed by atoms with van der Waals surface area (Å²) in [7, 11) is 3.30. The van der Waals surface area contributed by atoms with Crippen molar-refractivity contribution in [2.24, 2.45) is 0 Å². The van der Waals surface area contributed by atoms with Gasteiger partial charge in [-0.2, -0.15) is 0 Å². The molecule has 2 aromatic carbocycles. The largest absolute Gasteiger partial charge is 1.00 e. The fraction of sp³-hybridized carbons (Fsp3) is 0.400. The highest BCUT2D eigenvalue weighted by Gasteiger charge is 2.18. The molecule has 4 nitrogen and oxygen atoms in total. The molecule has 0 saturated heterocycles. The molecule has 3 N–H and O–H groups in total. The zero-order valence-electron chi connectivity index (χ0n) is 15.1. The molecule has 0 bridgehead atoms. The minimum absolute atomic E-state index is 0. The van der Waals surface area contributed by atoms with Crippen molar-refractivity contribution in [1.29, 1.82) is 0 Å². The number of ether oxygens (including phenoxy) is 2. The maximum atomic E-state index is 10.4. The average molecular weight is 366 g/mol. The summed E-state index contributed by atoms with van der Waals surface area (Å²) >= 11 is 0. The lowest BCUT2D eigenvalue weighted by Crippen LogP contribution is -3.00. The highest BCUT2D eigenvalue weighted by molar-refractivity contribution is 5.42. The number of benzene rings is 2. The van der Waals surface area contributed by atoms with Crippen molar-refractivity contribution in [3.05, 3.63) is 59.7 Å². The molecule has 0 heterocycles. The lowest BCUT2D eigenvalue weighted by molar-refractivity contribution is -0.694. The van der Waals surface area contributed by atoms with Crippen LogP contribution >= 0.6 is 0 Å². The van der Waals surface area contributed by atoms with Gasteiger partial charge >= 0.3 is 0 Å². The number of quaternary nitrogens is 1. The van der Waals surface area contributed by atoms with Crippen LogP contribution in [0, 0.1) is 0 Å². The molecular formula is C20H28ClNO3. The summed E-state index contributed by atoms with van der Waals surface area (Å²) in [4.78, 5) is 0. The van der Waals surface area contributed by atoms with Gasteiger partial charge in [-0.15, -0.1) is 0 Å². The van der Waals surface area contributed by atoms with Gasteiger partial charge in [0, 0.05) is 6.42 Å². The van der Waals surface area contributed by atoms with Crippen LogP contribution in [0.5, 0.6) is 11.5 Å². The first-order valence-electron chi connectivity index (χ1n) is 8.43. The molecule has 0 aliphatic rings. The molecule has 0 aromatic heterocycles. The molecule has 2 rings (SSSR count). The van der Waals surface area contributed by atoms with Crippen molar-refractivity contribution >= 4 is 0 Å². The van der Waals surface area contributed by atoms with Crippen molar-refractivity contribution in [3.63, 3.8) is 0 Å². The molecule has 2 atom stereocenters. The Kier molecular flexibility index (Phi) is 9.35. The smallest absolute Gasteiger partial charge is 0.160 e. The molecule has 0 aliphatic carbocycles. The summed E-state index contributed by atoms with van der Waals surface area (Å²) in [6.45, 7) is 3.04. The summed E-state index contributed by atoms with van der Waals surface area (Å²) in [6, 6.07) is 16.0. The van der Waals surface area contributed by atoms with E-state index in [1.54, 1.807) is 14.2 Å². The number of hydrogen-bond acceptors (Lipinski definition) is 3. The van der Waals surface area contributed by atoms with Crippen LogP contribution in [-0.2, 0) is 6.42 Å². The van der Waals surface area contributed by atoms with Gasteiger partial charge < -0.3 is 32.3 Å². The maximum absolute atomic E-state index is 10.4. The molecule has 0 aliphatic heterocycles. The number of halogens is 1. The van der Waals surface area contributed by atoms with Gasteiger partial charge in [0.2, 0.25) is 0 Å². The van der Waals surface area contributed by atoms with Crippen LogP contribution in [0.1, 0.15) is 30.6 Å². The molecule has 2 aromatic rings. The Bertz CT molecular complexity index is 622. The second-order valence-corrected chi connectivity index (χ2v) is 6.03. The third-order valence-electron chi connectivity index (χ3n) is 4.30. The number of methoxy groups -OCH3 is 2. The van der Waals surface area contributed by atoms with E-state index in [4.69, 9.17) is 9.47 Å². The minimum Gasteiger partial charge on any atom is -1.00 e.